The van der Waals surface area contributed by atoms with E-state index in [4.69, 9.17) is 16.3 Å². The van der Waals surface area contributed by atoms with Gasteiger partial charge < -0.3 is 14.5 Å². The maximum absolute atomic E-state index is 13.5. The normalized spacial score (nSPS) is 16.8. The lowest BCUT2D eigenvalue weighted by Crippen LogP contribution is -2.52. The summed E-state index contributed by atoms with van der Waals surface area (Å²) in [7, 11) is 1.65. The Bertz CT molecular complexity index is 1300. The minimum absolute atomic E-state index is 0.00578. The first-order chi connectivity index (χ1) is 17.5. The van der Waals surface area contributed by atoms with Crippen molar-refractivity contribution in [3.05, 3.63) is 88.3 Å². The van der Waals surface area contributed by atoms with Gasteiger partial charge in [0.1, 0.15) is 12.3 Å². The molecule has 0 bridgehead atoms. The average molecular weight is 520 g/mol. The van der Waals surface area contributed by atoms with E-state index in [1.54, 1.807) is 18.1 Å². The van der Waals surface area contributed by atoms with Gasteiger partial charge in [-0.15, -0.1) is 0 Å². The van der Waals surface area contributed by atoms with Gasteiger partial charge in [0.25, 0.3) is 5.91 Å². The highest BCUT2D eigenvalue weighted by molar-refractivity contribution is 8.04. The van der Waals surface area contributed by atoms with Crippen molar-refractivity contribution in [1.82, 2.24) is 4.90 Å². The fourth-order valence-corrected chi connectivity index (χ4v) is 5.67. The summed E-state index contributed by atoms with van der Waals surface area (Å²) in [4.78, 5) is 34.0. The van der Waals surface area contributed by atoms with E-state index in [9.17, 15) is 9.59 Å². The summed E-state index contributed by atoms with van der Waals surface area (Å²) >= 11 is 7.55. The van der Waals surface area contributed by atoms with Crippen molar-refractivity contribution < 1.29 is 14.3 Å². The van der Waals surface area contributed by atoms with Crippen molar-refractivity contribution in [3.8, 4) is 5.75 Å². The van der Waals surface area contributed by atoms with Crippen molar-refractivity contribution in [2.75, 3.05) is 49.6 Å². The van der Waals surface area contributed by atoms with Crippen molar-refractivity contribution in [1.29, 1.82) is 0 Å². The van der Waals surface area contributed by atoms with Crippen LogP contribution in [0.4, 0.5) is 11.4 Å². The SMILES string of the molecule is COc1ccc(N2CCN(C(=O)CN3C(=O)C(=Cc4cccc(Cl)c4)Sc4ccccc43)CC2)cc1. The number of nitrogens with zero attached hydrogens (tertiary/aromatic N) is 3. The summed E-state index contributed by atoms with van der Waals surface area (Å²) in [6.45, 7) is 2.69. The van der Waals surface area contributed by atoms with E-state index in [0.29, 0.717) is 23.0 Å². The maximum Gasteiger partial charge on any atom is 0.265 e. The Balaban J connectivity index is 1.30. The minimum atomic E-state index is -0.177. The highest BCUT2D eigenvalue weighted by Gasteiger charge is 2.32. The Hall–Kier alpha value is -3.42. The van der Waals surface area contributed by atoms with Crippen molar-refractivity contribution in [3.63, 3.8) is 0 Å². The van der Waals surface area contributed by atoms with Crippen LogP contribution in [0.3, 0.4) is 0 Å². The summed E-state index contributed by atoms with van der Waals surface area (Å²) in [6.07, 6.45) is 1.83. The predicted octanol–water partition coefficient (Wildman–Crippen LogP) is 5.18. The van der Waals surface area contributed by atoms with Crippen molar-refractivity contribution >= 4 is 52.6 Å². The number of amides is 2. The van der Waals surface area contributed by atoms with Crippen LogP contribution in [0.2, 0.25) is 5.02 Å². The molecule has 3 aromatic rings. The molecule has 2 aliphatic heterocycles. The molecule has 0 radical (unpaired) electrons. The van der Waals surface area contributed by atoms with Crippen LogP contribution in [0.1, 0.15) is 5.56 Å². The molecule has 0 saturated carbocycles. The monoisotopic (exact) mass is 519 g/mol. The highest BCUT2D eigenvalue weighted by Crippen LogP contribution is 2.42. The second kappa shape index (κ2) is 10.7. The number of fused-ring (bicyclic) bond motifs is 1. The van der Waals surface area contributed by atoms with Gasteiger partial charge in [-0.25, -0.2) is 0 Å². The van der Waals surface area contributed by atoms with Gasteiger partial charge in [0, 0.05) is 41.8 Å². The zero-order valence-corrected chi connectivity index (χ0v) is 21.5. The number of carbonyl (C=O) groups is 2. The molecule has 184 valence electrons. The summed E-state index contributed by atoms with van der Waals surface area (Å²) in [5, 5.41) is 0.610. The highest BCUT2D eigenvalue weighted by atomic mass is 35.5. The van der Waals surface area contributed by atoms with Crippen molar-refractivity contribution in [2.24, 2.45) is 0 Å². The van der Waals surface area contributed by atoms with Crippen LogP contribution in [-0.4, -0.2) is 56.5 Å². The van der Waals surface area contributed by atoms with Gasteiger partial charge in [0.05, 0.1) is 17.7 Å². The van der Waals surface area contributed by atoms with Crippen LogP contribution in [0.25, 0.3) is 6.08 Å². The molecule has 5 rings (SSSR count). The molecule has 0 atom stereocenters. The number of rotatable bonds is 5. The van der Waals surface area contributed by atoms with E-state index in [0.717, 1.165) is 40.7 Å². The molecule has 2 heterocycles. The van der Waals surface area contributed by atoms with E-state index in [2.05, 4.69) is 4.90 Å². The number of ether oxygens (including phenoxy) is 1. The molecule has 0 N–H and O–H groups in total. The number of para-hydroxylation sites is 1. The fourth-order valence-electron chi connectivity index (χ4n) is 4.41. The number of halogens is 1. The van der Waals surface area contributed by atoms with Gasteiger partial charge in [-0.1, -0.05) is 47.6 Å². The molecule has 3 aromatic carbocycles. The Morgan fingerprint density at radius 3 is 2.47 bits per heavy atom. The van der Waals surface area contributed by atoms with Gasteiger partial charge >= 0.3 is 0 Å². The lowest BCUT2D eigenvalue weighted by Gasteiger charge is -2.37. The van der Waals surface area contributed by atoms with Gasteiger partial charge in [-0.05, 0) is 60.2 Å². The second-order valence-corrected chi connectivity index (χ2v) is 10.1. The lowest BCUT2D eigenvalue weighted by molar-refractivity contribution is -0.131. The summed E-state index contributed by atoms with van der Waals surface area (Å²) < 4.78 is 5.24. The molecule has 1 fully saturated rings. The first-order valence-corrected chi connectivity index (χ1v) is 12.9. The first kappa shape index (κ1) is 24.3. The quantitative estimate of drug-likeness (QED) is 0.435. The topological polar surface area (TPSA) is 53.1 Å². The number of hydrogen-bond acceptors (Lipinski definition) is 5. The molecule has 0 aromatic heterocycles. The maximum atomic E-state index is 13.5. The molecule has 2 aliphatic rings. The Kier molecular flexibility index (Phi) is 7.20. The predicted molar refractivity (Wildman–Crippen MR) is 146 cm³/mol. The van der Waals surface area contributed by atoms with Crippen LogP contribution in [0.5, 0.6) is 5.75 Å². The van der Waals surface area contributed by atoms with Crippen LogP contribution < -0.4 is 14.5 Å². The lowest BCUT2D eigenvalue weighted by atomic mass is 10.2. The van der Waals surface area contributed by atoms with Crippen LogP contribution in [0, 0.1) is 0 Å². The third-order valence-electron chi connectivity index (χ3n) is 6.34. The average Bonchev–Trinajstić information content (AvgIpc) is 2.91. The standard InChI is InChI=1S/C28H26ClN3O3S/c1-35-23-11-9-22(10-12-23)30-13-15-31(16-14-30)27(33)19-32-24-7-2-3-8-25(24)36-26(28(32)34)18-20-5-4-6-21(29)17-20/h2-12,17-18H,13-16,19H2,1H3. The van der Waals surface area contributed by atoms with Gasteiger partial charge in [0.15, 0.2) is 0 Å². The van der Waals surface area contributed by atoms with E-state index in [1.165, 1.54) is 11.8 Å². The van der Waals surface area contributed by atoms with Crippen LogP contribution in [0.15, 0.2) is 82.6 Å². The zero-order chi connectivity index (χ0) is 25.1. The van der Waals surface area contributed by atoms with Crippen LogP contribution >= 0.6 is 23.4 Å². The smallest absolute Gasteiger partial charge is 0.265 e. The van der Waals surface area contributed by atoms with Gasteiger partial charge in [-0.2, -0.15) is 0 Å². The van der Waals surface area contributed by atoms with Gasteiger partial charge in [-0.3, -0.25) is 14.5 Å². The fraction of sp³-hybridized carbons (Fsp3) is 0.214. The Morgan fingerprint density at radius 1 is 1.00 bits per heavy atom. The molecule has 0 aliphatic carbocycles. The number of carbonyl (C=O) groups excluding carboxylic acids is 2. The molecule has 2 amide bonds. The summed E-state index contributed by atoms with van der Waals surface area (Å²) in [6, 6.07) is 23.0. The van der Waals surface area contributed by atoms with E-state index in [-0.39, 0.29) is 18.4 Å². The van der Waals surface area contributed by atoms with E-state index in [1.807, 2.05) is 77.7 Å². The van der Waals surface area contributed by atoms with E-state index >= 15 is 0 Å². The second-order valence-electron chi connectivity index (χ2n) is 8.59. The third-order valence-corrected chi connectivity index (χ3v) is 7.65. The summed E-state index contributed by atoms with van der Waals surface area (Å²) in [5.41, 5.74) is 2.72. The first-order valence-electron chi connectivity index (χ1n) is 11.7. The molecule has 36 heavy (non-hydrogen) atoms. The molecule has 0 unspecified atom stereocenters. The van der Waals surface area contributed by atoms with Crippen LogP contribution in [-0.2, 0) is 9.59 Å². The Labute approximate surface area is 220 Å². The molecule has 8 heteroatoms. The number of thioether (sulfide) groups is 1. The molecule has 6 nitrogen and oxygen atoms in total. The summed E-state index contributed by atoms with van der Waals surface area (Å²) in [5.74, 6) is 0.589. The Morgan fingerprint density at radius 2 is 1.75 bits per heavy atom. The molecular weight excluding hydrogens is 494 g/mol. The largest absolute Gasteiger partial charge is 0.497 e. The molecule has 1 saturated heterocycles. The third kappa shape index (κ3) is 5.22. The number of piperazine rings is 1. The number of benzene rings is 3. The van der Waals surface area contributed by atoms with E-state index < -0.39 is 0 Å². The molecule has 0 spiro atoms. The molecular formula is C28H26ClN3O3S. The number of hydrogen-bond donors (Lipinski definition) is 0. The van der Waals surface area contributed by atoms with Gasteiger partial charge in [0.2, 0.25) is 5.91 Å². The number of methoxy groups -OCH3 is 1. The minimum Gasteiger partial charge on any atom is -0.497 e. The van der Waals surface area contributed by atoms with Crippen molar-refractivity contribution in [2.45, 2.75) is 4.90 Å². The number of anilines is 2. The zero-order valence-electron chi connectivity index (χ0n) is 19.9.